The Morgan fingerprint density at radius 1 is 1.14 bits per heavy atom. The van der Waals surface area contributed by atoms with Crippen LogP contribution in [0.2, 0.25) is 0 Å². The highest BCUT2D eigenvalue weighted by Crippen LogP contribution is 2.37. The molecule has 0 saturated heterocycles. The Kier molecular flexibility index (Phi) is 3.29. The molecular weight excluding hydrogens is 276 g/mol. The van der Waals surface area contributed by atoms with Crippen molar-refractivity contribution < 1.29 is 9.52 Å². The maximum absolute atomic E-state index is 10.1. The fraction of sp³-hybridized carbons (Fsp3) is 0.333. The van der Waals surface area contributed by atoms with Crippen molar-refractivity contribution >= 4 is 23.6 Å². The van der Waals surface area contributed by atoms with Gasteiger partial charge in [0.25, 0.3) is 0 Å². The van der Waals surface area contributed by atoms with Crippen LogP contribution < -0.4 is 0 Å². The van der Waals surface area contributed by atoms with Gasteiger partial charge in [0.2, 0.25) is 5.89 Å². The van der Waals surface area contributed by atoms with Gasteiger partial charge in [-0.15, -0.1) is 0 Å². The molecule has 4 rings (SSSR count). The van der Waals surface area contributed by atoms with Gasteiger partial charge in [-0.1, -0.05) is 37.5 Å². The first-order chi connectivity index (χ1) is 10.8. The molecular formula is C18H18N2O2. The molecule has 4 heteroatoms. The fourth-order valence-electron chi connectivity index (χ4n) is 3.26. The molecule has 0 spiro atoms. The molecule has 0 bridgehead atoms. The summed E-state index contributed by atoms with van der Waals surface area (Å²) in [7, 11) is 0. The van der Waals surface area contributed by atoms with E-state index in [1.54, 1.807) is 6.21 Å². The van der Waals surface area contributed by atoms with E-state index in [2.05, 4.69) is 9.98 Å². The van der Waals surface area contributed by atoms with E-state index in [1.165, 1.54) is 19.3 Å². The molecule has 4 nitrogen and oxygen atoms in total. The summed E-state index contributed by atoms with van der Waals surface area (Å²) in [6.07, 6.45) is 9.56. The third-order valence-corrected chi connectivity index (χ3v) is 4.46. The van der Waals surface area contributed by atoms with E-state index >= 15 is 0 Å². The average Bonchev–Trinajstić information content (AvgIpc) is 3.13. The van der Waals surface area contributed by atoms with Crippen molar-refractivity contribution in [3.63, 3.8) is 0 Å². The van der Waals surface area contributed by atoms with E-state index in [0.29, 0.717) is 17.5 Å². The van der Waals surface area contributed by atoms with Crippen molar-refractivity contribution in [2.45, 2.75) is 38.0 Å². The number of fused-ring (bicyclic) bond motifs is 1. The first kappa shape index (κ1) is 13.3. The van der Waals surface area contributed by atoms with Gasteiger partial charge in [-0.25, -0.2) is 4.98 Å². The smallest absolute Gasteiger partial charge is 0.310 e. The van der Waals surface area contributed by atoms with Crippen molar-refractivity contribution in [2.75, 3.05) is 0 Å². The minimum atomic E-state index is -0.0918. The number of hydrogen-bond acceptors (Lipinski definition) is 4. The molecule has 0 radical (unpaired) electrons. The SMILES string of the molecule is Oc1oc(C2CCCCC2)nc1/C=C1\C=Nc2ccccc21. The molecule has 0 unspecified atom stereocenters. The Bertz CT molecular complexity index is 752. The Morgan fingerprint density at radius 2 is 1.95 bits per heavy atom. The van der Waals surface area contributed by atoms with E-state index < -0.39 is 0 Å². The largest absolute Gasteiger partial charge is 0.479 e. The van der Waals surface area contributed by atoms with E-state index in [-0.39, 0.29) is 5.95 Å². The van der Waals surface area contributed by atoms with Gasteiger partial charge in [0.05, 0.1) is 5.69 Å². The highest BCUT2D eigenvalue weighted by atomic mass is 16.5. The lowest BCUT2D eigenvalue weighted by Gasteiger charge is -2.17. The molecule has 2 aromatic rings. The molecule has 1 fully saturated rings. The first-order valence-electron chi connectivity index (χ1n) is 7.86. The number of nitrogens with zero attached hydrogens (tertiary/aromatic N) is 2. The van der Waals surface area contributed by atoms with Gasteiger partial charge in [-0.3, -0.25) is 4.99 Å². The number of hydrogen-bond donors (Lipinski definition) is 1. The minimum absolute atomic E-state index is 0.0918. The normalized spacial score (nSPS) is 19.7. The van der Waals surface area contributed by atoms with Crippen LogP contribution in [0.15, 0.2) is 33.7 Å². The Hall–Kier alpha value is -2.36. The lowest BCUT2D eigenvalue weighted by Crippen LogP contribution is -2.04. The summed E-state index contributed by atoms with van der Waals surface area (Å²) in [6, 6.07) is 7.95. The lowest BCUT2D eigenvalue weighted by atomic mass is 9.89. The zero-order chi connectivity index (χ0) is 14.9. The molecule has 112 valence electrons. The number of benzene rings is 1. The third-order valence-electron chi connectivity index (χ3n) is 4.46. The van der Waals surface area contributed by atoms with Gasteiger partial charge in [0.15, 0.2) is 0 Å². The van der Waals surface area contributed by atoms with E-state index in [4.69, 9.17) is 4.42 Å². The fourth-order valence-corrected chi connectivity index (χ4v) is 3.26. The summed E-state index contributed by atoms with van der Waals surface area (Å²) in [5.41, 5.74) is 3.46. The quantitative estimate of drug-likeness (QED) is 0.874. The van der Waals surface area contributed by atoms with Gasteiger partial charge in [0, 0.05) is 23.3 Å². The second-order valence-electron chi connectivity index (χ2n) is 5.95. The zero-order valence-corrected chi connectivity index (χ0v) is 12.3. The molecule has 1 aliphatic carbocycles. The number of aromatic hydroxyl groups is 1. The number of aromatic nitrogens is 1. The van der Waals surface area contributed by atoms with Crippen LogP contribution in [-0.4, -0.2) is 16.3 Å². The Balaban J connectivity index is 1.65. The van der Waals surface area contributed by atoms with Crippen molar-refractivity contribution in [2.24, 2.45) is 4.99 Å². The summed E-state index contributed by atoms with van der Waals surface area (Å²) in [4.78, 5) is 8.89. The van der Waals surface area contributed by atoms with Gasteiger partial charge >= 0.3 is 5.95 Å². The summed E-state index contributed by atoms with van der Waals surface area (Å²) in [5, 5.41) is 10.1. The number of aliphatic imine (C=N–C) groups is 1. The second kappa shape index (κ2) is 5.44. The average molecular weight is 294 g/mol. The lowest BCUT2D eigenvalue weighted by molar-refractivity contribution is 0.289. The Morgan fingerprint density at radius 3 is 2.82 bits per heavy atom. The van der Waals surface area contributed by atoms with Crippen LogP contribution in [0.5, 0.6) is 5.95 Å². The third kappa shape index (κ3) is 2.34. The van der Waals surface area contributed by atoms with Gasteiger partial charge in [0.1, 0.15) is 5.69 Å². The zero-order valence-electron chi connectivity index (χ0n) is 12.3. The van der Waals surface area contributed by atoms with Crippen LogP contribution in [0, 0.1) is 0 Å². The first-order valence-corrected chi connectivity index (χ1v) is 7.86. The Labute approximate surface area is 129 Å². The topological polar surface area (TPSA) is 58.6 Å². The highest BCUT2D eigenvalue weighted by molar-refractivity contribution is 6.21. The van der Waals surface area contributed by atoms with Crippen LogP contribution in [0.25, 0.3) is 11.6 Å². The molecule has 0 amide bonds. The van der Waals surface area contributed by atoms with Crippen molar-refractivity contribution in [1.29, 1.82) is 0 Å². The summed E-state index contributed by atoms with van der Waals surface area (Å²) < 4.78 is 5.51. The highest BCUT2D eigenvalue weighted by Gasteiger charge is 2.23. The van der Waals surface area contributed by atoms with E-state index in [1.807, 2.05) is 30.3 Å². The van der Waals surface area contributed by atoms with E-state index in [9.17, 15) is 5.11 Å². The number of allylic oxidation sites excluding steroid dienone is 1. The molecule has 1 aromatic heterocycles. The minimum Gasteiger partial charge on any atom is -0.479 e. The number of oxazole rings is 1. The predicted molar refractivity (Wildman–Crippen MR) is 86.5 cm³/mol. The monoisotopic (exact) mass is 294 g/mol. The van der Waals surface area contributed by atoms with Crippen LogP contribution in [0.4, 0.5) is 5.69 Å². The van der Waals surface area contributed by atoms with Crippen LogP contribution in [0.3, 0.4) is 0 Å². The molecule has 2 heterocycles. The molecule has 0 atom stereocenters. The van der Waals surface area contributed by atoms with Crippen LogP contribution >= 0.6 is 0 Å². The van der Waals surface area contributed by atoms with Gasteiger partial charge in [-0.05, 0) is 25.0 Å². The van der Waals surface area contributed by atoms with E-state index in [0.717, 1.165) is 29.7 Å². The van der Waals surface area contributed by atoms with Crippen LogP contribution in [-0.2, 0) is 0 Å². The molecule has 2 aliphatic rings. The second-order valence-corrected chi connectivity index (χ2v) is 5.95. The van der Waals surface area contributed by atoms with Crippen molar-refractivity contribution in [1.82, 2.24) is 4.98 Å². The standard InChI is InChI=1S/C18H18N2O2/c21-18-16(20-17(22-18)12-6-2-1-3-7-12)10-13-11-19-15-9-5-4-8-14(13)15/h4-5,8-12,21H,1-3,6-7H2/b13-10+. The molecule has 1 aromatic carbocycles. The molecule has 1 saturated carbocycles. The summed E-state index contributed by atoms with van der Waals surface area (Å²) in [6.45, 7) is 0. The number of para-hydroxylation sites is 1. The van der Waals surface area contributed by atoms with Crippen LogP contribution in [0.1, 0.15) is 55.2 Å². The molecule has 1 N–H and O–H groups in total. The summed E-state index contributed by atoms with van der Waals surface area (Å²) >= 11 is 0. The maximum Gasteiger partial charge on any atom is 0.310 e. The maximum atomic E-state index is 10.1. The molecule has 1 aliphatic heterocycles. The van der Waals surface area contributed by atoms with Crippen molar-refractivity contribution in [3.05, 3.63) is 41.4 Å². The summed E-state index contributed by atoms with van der Waals surface area (Å²) in [5.74, 6) is 0.925. The van der Waals surface area contributed by atoms with Crippen molar-refractivity contribution in [3.8, 4) is 5.95 Å². The molecule has 22 heavy (non-hydrogen) atoms. The number of rotatable bonds is 2. The van der Waals surface area contributed by atoms with Gasteiger partial charge < -0.3 is 9.52 Å². The van der Waals surface area contributed by atoms with Gasteiger partial charge in [-0.2, -0.15) is 0 Å². The predicted octanol–water partition coefficient (Wildman–Crippen LogP) is 4.68.